The largest absolute Gasteiger partial charge is 0.497 e. The van der Waals surface area contributed by atoms with Crippen LogP contribution in [-0.2, 0) is 0 Å². The molecule has 0 radical (unpaired) electrons. The molecule has 2 N–H and O–H groups in total. The minimum absolute atomic E-state index is 0.209. The average Bonchev–Trinajstić information content (AvgIpc) is 2.36. The van der Waals surface area contributed by atoms with Gasteiger partial charge in [-0.15, -0.1) is 0 Å². The van der Waals surface area contributed by atoms with Gasteiger partial charge in [-0.1, -0.05) is 6.07 Å². The highest BCUT2D eigenvalue weighted by molar-refractivity contribution is 5.95. The molecule has 0 atom stereocenters. The number of nitrogens with two attached hydrogens (primary N) is 1. The summed E-state index contributed by atoms with van der Waals surface area (Å²) >= 11 is 0. The minimum Gasteiger partial charge on any atom is -0.497 e. The van der Waals surface area contributed by atoms with Gasteiger partial charge in [-0.05, 0) is 12.1 Å². The molecule has 1 aromatic heterocycles. The molecule has 17 heavy (non-hydrogen) atoms. The number of benzene rings is 1. The summed E-state index contributed by atoms with van der Waals surface area (Å²) in [6.07, 6.45) is 0. The quantitative estimate of drug-likeness (QED) is 0.866. The molecule has 0 fully saturated rings. The van der Waals surface area contributed by atoms with Crippen LogP contribution in [-0.4, -0.2) is 25.1 Å². The number of hydrogen-bond acceptors (Lipinski definition) is 4. The zero-order valence-corrected chi connectivity index (χ0v) is 9.56. The number of rotatable bonds is 3. The van der Waals surface area contributed by atoms with Crippen molar-refractivity contribution in [3.05, 3.63) is 30.0 Å². The summed E-state index contributed by atoms with van der Waals surface area (Å²) in [7, 11) is 3.11. The van der Waals surface area contributed by atoms with E-state index < -0.39 is 5.91 Å². The van der Waals surface area contributed by atoms with Gasteiger partial charge in [0.2, 0.25) is 0 Å². The highest BCUT2D eigenvalue weighted by atomic mass is 16.5. The Morgan fingerprint density at radius 3 is 2.59 bits per heavy atom. The van der Waals surface area contributed by atoms with Crippen LogP contribution in [0.1, 0.15) is 10.5 Å². The normalized spacial score (nSPS) is 10.2. The van der Waals surface area contributed by atoms with Crippen molar-refractivity contribution in [3.63, 3.8) is 0 Å². The number of primary amides is 1. The van der Waals surface area contributed by atoms with Crippen LogP contribution < -0.4 is 15.2 Å². The molecule has 88 valence electrons. The number of nitrogens with zero attached hydrogens (tertiary/aromatic N) is 1. The number of fused-ring (bicyclic) bond motifs is 1. The molecule has 1 heterocycles. The Bertz CT molecular complexity index is 581. The summed E-state index contributed by atoms with van der Waals surface area (Å²) in [5.74, 6) is 0.648. The lowest BCUT2D eigenvalue weighted by atomic mass is 10.1. The van der Waals surface area contributed by atoms with E-state index in [0.29, 0.717) is 17.0 Å². The van der Waals surface area contributed by atoms with Crippen LogP contribution >= 0.6 is 0 Å². The topological polar surface area (TPSA) is 74.4 Å². The lowest BCUT2D eigenvalue weighted by molar-refractivity contribution is 0.0996. The maximum Gasteiger partial charge on any atom is 0.267 e. The number of pyridine rings is 1. The van der Waals surface area contributed by atoms with E-state index in [2.05, 4.69) is 4.98 Å². The van der Waals surface area contributed by atoms with Crippen molar-refractivity contribution in [1.29, 1.82) is 0 Å². The van der Waals surface area contributed by atoms with Crippen molar-refractivity contribution in [2.75, 3.05) is 14.2 Å². The van der Waals surface area contributed by atoms with E-state index in [1.165, 1.54) is 7.11 Å². The van der Waals surface area contributed by atoms with Crippen LogP contribution in [0.15, 0.2) is 24.3 Å². The Morgan fingerprint density at radius 2 is 2.00 bits per heavy atom. The third kappa shape index (κ3) is 1.99. The molecule has 0 bridgehead atoms. The monoisotopic (exact) mass is 232 g/mol. The van der Waals surface area contributed by atoms with Crippen molar-refractivity contribution < 1.29 is 14.3 Å². The van der Waals surface area contributed by atoms with Crippen LogP contribution in [0.4, 0.5) is 0 Å². The molecule has 5 nitrogen and oxygen atoms in total. The molecule has 1 aromatic carbocycles. The van der Waals surface area contributed by atoms with Crippen molar-refractivity contribution in [3.8, 4) is 11.5 Å². The number of carbonyl (C=O) groups excluding carboxylic acids is 1. The first-order chi connectivity index (χ1) is 8.15. The molecule has 0 aliphatic carbocycles. The van der Waals surface area contributed by atoms with Gasteiger partial charge in [-0.2, -0.15) is 0 Å². The van der Waals surface area contributed by atoms with Crippen molar-refractivity contribution in [2.24, 2.45) is 5.73 Å². The summed E-state index contributed by atoms with van der Waals surface area (Å²) in [5.41, 5.74) is 5.98. The third-order valence-corrected chi connectivity index (χ3v) is 2.44. The predicted molar refractivity (Wildman–Crippen MR) is 63.4 cm³/mol. The number of amides is 1. The molecule has 1 amide bonds. The Balaban J connectivity index is 2.71. The summed E-state index contributed by atoms with van der Waals surface area (Å²) in [5, 5.41) is 0.825. The fourth-order valence-corrected chi connectivity index (χ4v) is 1.59. The molecular formula is C12H12N2O3. The highest BCUT2D eigenvalue weighted by Gasteiger charge is 2.09. The van der Waals surface area contributed by atoms with Crippen molar-refractivity contribution in [1.82, 2.24) is 4.98 Å². The molecule has 0 spiro atoms. The number of ether oxygens (including phenoxy) is 2. The molecule has 0 unspecified atom stereocenters. The maximum absolute atomic E-state index is 11.1. The SMILES string of the molecule is COc1cc(OC)c2nc(C(N)=O)ccc2c1. The van der Waals surface area contributed by atoms with Gasteiger partial charge in [0.1, 0.15) is 22.7 Å². The first kappa shape index (κ1) is 11.2. The van der Waals surface area contributed by atoms with Crippen LogP contribution in [0.25, 0.3) is 10.9 Å². The smallest absolute Gasteiger partial charge is 0.267 e. The van der Waals surface area contributed by atoms with Gasteiger partial charge >= 0.3 is 0 Å². The lowest BCUT2D eigenvalue weighted by Crippen LogP contribution is -2.12. The molecule has 0 saturated heterocycles. The summed E-state index contributed by atoms with van der Waals surface area (Å²) in [6.45, 7) is 0. The molecule has 0 saturated carbocycles. The van der Waals surface area contributed by atoms with Crippen LogP contribution in [0.3, 0.4) is 0 Å². The van der Waals surface area contributed by atoms with Crippen LogP contribution in [0, 0.1) is 0 Å². The predicted octanol–water partition coefficient (Wildman–Crippen LogP) is 1.35. The Labute approximate surface area is 98.2 Å². The highest BCUT2D eigenvalue weighted by Crippen LogP contribution is 2.29. The Hall–Kier alpha value is -2.30. The fourth-order valence-electron chi connectivity index (χ4n) is 1.59. The standard InChI is InChI=1S/C12H12N2O3/c1-16-8-5-7-3-4-9(12(13)15)14-11(7)10(6-8)17-2/h3-6H,1-2H3,(H2,13,15). The van der Waals surface area contributed by atoms with Gasteiger partial charge < -0.3 is 15.2 Å². The number of methoxy groups -OCH3 is 2. The molecule has 0 aliphatic rings. The van der Waals surface area contributed by atoms with E-state index >= 15 is 0 Å². The molecule has 0 aliphatic heterocycles. The first-order valence-electron chi connectivity index (χ1n) is 4.98. The fraction of sp³-hybridized carbons (Fsp3) is 0.167. The van der Waals surface area contributed by atoms with Gasteiger partial charge in [-0.25, -0.2) is 4.98 Å². The zero-order valence-electron chi connectivity index (χ0n) is 9.56. The van der Waals surface area contributed by atoms with Gasteiger partial charge in [-0.3, -0.25) is 4.79 Å². The number of aromatic nitrogens is 1. The zero-order chi connectivity index (χ0) is 12.4. The lowest BCUT2D eigenvalue weighted by Gasteiger charge is -2.08. The summed E-state index contributed by atoms with van der Waals surface area (Å²) in [6, 6.07) is 6.85. The second-order valence-corrected chi connectivity index (χ2v) is 3.46. The van der Waals surface area contributed by atoms with Gasteiger partial charge in [0, 0.05) is 11.5 Å². The van der Waals surface area contributed by atoms with Crippen LogP contribution in [0.5, 0.6) is 11.5 Å². The van der Waals surface area contributed by atoms with E-state index in [4.69, 9.17) is 15.2 Å². The second kappa shape index (κ2) is 4.29. The second-order valence-electron chi connectivity index (χ2n) is 3.46. The van der Waals surface area contributed by atoms with Crippen molar-refractivity contribution in [2.45, 2.75) is 0 Å². The molecule has 5 heteroatoms. The third-order valence-electron chi connectivity index (χ3n) is 2.44. The van der Waals surface area contributed by atoms with Gasteiger partial charge in [0.05, 0.1) is 14.2 Å². The van der Waals surface area contributed by atoms with E-state index in [0.717, 1.165) is 5.39 Å². The summed E-state index contributed by atoms with van der Waals surface area (Å²) in [4.78, 5) is 15.2. The maximum atomic E-state index is 11.1. The van der Waals surface area contributed by atoms with E-state index in [-0.39, 0.29) is 5.69 Å². The van der Waals surface area contributed by atoms with Crippen LogP contribution in [0.2, 0.25) is 0 Å². The summed E-state index contributed by atoms with van der Waals surface area (Å²) < 4.78 is 10.4. The van der Waals surface area contributed by atoms with Crippen molar-refractivity contribution >= 4 is 16.8 Å². The molecule has 2 rings (SSSR count). The van der Waals surface area contributed by atoms with Gasteiger partial charge in [0.15, 0.2) is 0 Å². The van der Waals surface area contributed by atoms with Gasteiger partial charge in [0.25, 0.3) is 5.91 Å². The minimum atomic E-state index is -0.565. The first-order valence-corrected chi connectivity index (χ1v) is 4.98. The van der Waals surface area contributed by atoms with E-state index in [1.54, 1.807) is 25.3 Å². The molecular weight excluding hydrogens is 220 g/mol. The molecule has 2 aromatic rings. The number of hydrogen-bond donors (Lipinski definition) is 1. The van der Waals surface area contributed by atoms with E-state index in [1.807, 2.05) is 6.07 Å². The Kier molecular flexibility index (Phi) is 2.82. The average molecular weight is 232 g/mol. The van der Waals surface area contributed by atoms with E-state index in [9.17, 15) is 4.79 Å². The number of carbonyl (C=O) groups is 1. The Morgan fingerprint density at radius 1 is 1.24 bits per heavy atom.